The Kier molecular flexibility index (Phi) is 4.20. The van der Waals surface area contributed by atoms with Crippen molar-refractivity contribution in [2.45, 2.75) is 43.9 Å². The van der Waals surface area contributed by atoms with Crippen molar-refractivity contribution in [3.8, 4) is 0 Å². The van der Waals surface area contributed by atoms with Gasteiger partial charge in [0.05, 0.1) is 12.3 Å². The first-order valence-electron chi connectivity index (χ1n) is 6.62. The maximum absolute atomic E-state index is 11.1. The Labute approximate surface area is 112 Å². The number of hydrogen-bond donors (Lipinski definition) is 2. The van der Waals surface area contributed by atoms with Gasteiger partial charge in [-0.2, -0.15) is 0 Å². The summed E-state index contributed by atoms with van der Waals surface area (Å²) in [6.07, 6.45) is 4.51. The predicted molar refractivity (Wildman–Crippen MR) is 70.3 cm³/mol. The molecule has 1 aromatic rings. The van der Waals surface area contributed by atoms with E-state index >= 15 is 0 Å². The van der Waals surface area contributed by atoms with Gasteiger partial charge in [0, 0.05) is 0 Å². The minimum atomic E-state index is -1.09. The van der Waals surface area contributed by atoms with E-state index in [0.29, 0.717) is 11.5 Å². The second kappa shape index (κ2) is 5.87. The minimum absolute atomic E-state index is 0.377. The maximum Gasteiger partial charge on any atom is 0.311 e. The number of carbonyl (C=O) groups is 2. The van der Waals surface area contributed by atoms with E-state index in [9.17, 15) is 9.59 Å². The second-order valence-corrected chi connectivity index (χ2v) is 5.14. The molecule has 19 heavy (non-hydrogen) atoms. The van der Waals surface area contributed by atoms with Gasteiger partial charge >= 0.3 is 11.9 Å². The molecule has 1 aliphatic rings. The largest absolute Gasteiger partial charge is 0.481 e. The summed E-state index contributed by atoms with van der Waals surface area (Å²) in [5, 5.41) is 17.9. The van der Waals surface area contributed by atoms with Crippen molar-refractivity contribution in [2.24, 2.45) is 0 Å². The fourth-order valence-corrected chi connectivity index (χ4v) is 2.78. The van der Waals surface area contributed by atoms with Gasteiger partial charge in [-0.15, -0.1) is 0 Å². The molecule has 0 bridgehead atoms. The quantitative estimate of drug-likeness (QED) is 0.855. The van der Waals surface area contributed by atoms with Crippen molar-refractivity contribution in [2.75, 3.05) is 0 Å². The van der Waals surface area contributed by atoms with Crippen LogP contribution in [0.25, 0.3) is 0 Å². The smallest absolute Gasteiger partial charge is 0.311 e. The van der Waals surface area contributed by atoms with Gasteiger partial charge in [0.25, 0.3) is 0 Å². The maximum atomic E-state index is 11.1. The molecule has 0 unspecified atom stereocenters. The van der Waals surface area contributed by atoms with Gasteiger partial charge in [0.1, 0.15) is 0 Å². The first kappa shape index (κ1) is 13.6. The highest BCUT2D eigenvalue weighted by molar-refractivity contribution is 5.82. The first-order valence-corrected chi connectivity index (χ1v) is 6.62. The average molecular weight is 262 g/mol. The molecule has 0 amide bonds. The summed E-state index contributed by atoms with van der Waals surface area (Å²) in [7, 11) is 0. The Morgan fingerprint density at radius 3 is 2.16 bits per heavy atom. The topological polar surface area (TPSA) is 74.6 Å². The lowest BCUT2D eigenvalue weighted by Crippen LogP contribution is -2.15. The van der Waals surface area contributed by atoms with Gasteiger partial charge in [0.2, 0.25) is 0 Å². The van der Waals surface area contributed by atoms with E-state index in [1.807, 2.05) is 12.1 Å². The van der Waals surface area contributed by atoms with E-state index in [1.54, 1.807) is 12.1 Å². The van der Waals surface area contributed by atoms with E-state index in [0.717, 1.165) is 0 Å². The fraction of sp³-hybridized carbons (Fsp3) is 0.467. The van der Waals surface area contributed by atoms with Crippen molar-refractivity contribution in [1.29, 1.82) is 0 Å². The Morgan fingerprint density at radius 1 is 1.11 bits per heavy atom. The minimum Gasteiger partial charge on any atom is -0.481 e. The summed E-state index contributed by atoms with van der Waals surface area (Å²) in [4.78, 5) is 21.8. The van der Waals surface area contributed by atoms with Crippen LogP contribution in [0.1, 0.15) is 55.1 Å². The van der Waals surface area contributed by atoms with E-state index < -0.39 is 17.9 Å². The Balaban J connectivity index is 2.15. The van der Waals surface area contributed by atoms with Crippen LogP contribution in [0.5, 0.6) is 0 Å². The Hall–Kier alpha value is -1.84. The molecule has 2 rings (SSSR count). The van der Waals surface area contributed by atoms with Crippen LogP contribution in [-0.4, -0.2) is 22.2 Å². The number of aliphatic carboxylic acids is 2. The molecule has 0 aliphatic heterocycles. The molecular weight excluding hydrogens is 244 g/mol. The van der Waals surface area contributed by atoms with E-state index in [4.69, 9.17) is 10.2 Å². The first-order chi connectivity index (χ1) is 9.08. The third-order valence-electron chi connectivity index (χ3n) is 3.84. The molecule has 1 saturated carbocycles. The Morgan fingerprint density at radius 2 is 1.68 bits per heavy atom. The summed E-state index contributed by atoms with van der Waals surface area (Å²) < 4.78 is 0. The number of benzene rings is 1. The van der Waals surface area contributed by atoms with Gasteiger partial charge in [-0.1, -0.05) is 37.1 Å². The molecule has 0 heterocycles. The molecule has 0 saturated heterocycles. The summed E-state index contributed by atoms with van der Waals surface area (Å²) in [5.41, 5.74) is 1.80. The summed E-state index contributed by atoms with van der Waals surface area (Å²) in [5.74, 6) is -2.56. The summed E-state index contributed by atoms with van der Waals surface area (Å²) in [6, 6.07) is 7.41. The molecule has 1 atom stereocenters. The molecule has 1 aliphatic carbocycles. The molecule has 0 spiro atoms. The lowest BCUT2D eigenvalue weighted by molar-refractivity contribution is -0.145. The van der Waals surface area contributed by atoms with Gasteiger partial charge in [0.15, 0.2) is 0 Å². The highest BCUT2D eigenvalue weighted by atomic mass is 16.4. The highest BCUT2D eigenvalue weighted by Gasteiger charge is 2.23. The van der Waals surface area contributed by atoms with Crippen LogP contribution < -0.4 is 0 Å². The summed E-state index contributed by atoms with van der Waals surface area (Å²) in [6.45, 7) is 0. The standard InChI is InChI=1S/C15H18O4/c16-14(17)9-13(15(18)19)12-7-5-11(6-8-12)10-3-1-2-4-10/h5-8,10,13H,1-4,9H2,(H,16,17)(H,18,19)/t13-/m1/s1. The average Bonchev–Trinajstić information content (AvgIpc) is 2.89. The van der Waals surface area contributed by atoms with Crippen LogP contribution in [0.4, 0.5) is 0 Å². The lowest BCUT2D eigenvalue weighted by Gasteiger charge is -2.13. The van der Waals surface area contributed by atoms with Crippen molar-refractivity contribution in [1.82, 2.24) is 0 Å². The van der Waals surface area contributed by atoms with Crippen molar-refractivity contribution in [3.63, 3.8) is 0 Å². The number of carboxylic acids is 2. The lowest BCUT2D eigenvalue weighted by atomic mass is 9.91. The molecule has 4 nitrogen and oxygen atoms in total. The van der Waals surface area contributed by atoms with Crippen LogP contribution in [0.3, 0.4) is 0 Å². The zero-order valence-electron chi connectivity index (χ0n) is 10.7. The van der Waals surface area contributed by atoms with Gasteiger partial charge in [-0.05, 0) is 29.9 Å². The zero-order valence-corrected chi connectivity index (χ0v) is 10.7. The van der Waals surface area contributed by atoms with Crippen LogP contribution in [0, 0.1) is 0 Å². The summed E-state index contributed by atoms with van der Waals surface area (Å²) >= 11 is 0. The third-order valence-corrected chi connectivity index (χ3v) is 3.84. The molecular formula is C15H18O4. The number of hydrogen-bond acceptors (Lipinski definition) is 2. The van der Waals surface area contributed by atoms with E-state index in [1.165, 1.54) is 31.2 Å². The van der Waals surface area contributed by atoms with Crippen LogP contribution in [0.15, 0.2) is 24.3 Å². The SMILES string of the molecule is O=C(O)C[C@@H](C(=O)O)c1ccc(C2CCCC2)cc1. The van der Waals surface area contributed by atoms with Crippen LogP contribution in [0.2, 0.25) is 0 Å². The molecule has 1 aromatic carbocycles. The molecule has 1 fully saturated rings. The van der Waals surface area contributed by atoms with Crippen LogP contribution in [-0.2, 0) is 9.59 Å². The fourth-order valence-electron chi connectivity index (χ4n) is 2.78. The normalized spacial score (nSPS) is 17.3. The van der Waals surface area contributed by atoms with Gasteiger partial charge in [-0.25, -0.2) is 0 Å². The second-order valence-electron chi connectivity index (χ2n) is 5.14. The molecule has 2 N–H and O–H groups in total. The highest BCUT2D eigenvalue weighted by Crippen LogP contribution is 2.34. The number of rotatable bonds is 5. The molecule has 4 heteroatoms. The molecule has 102 valence electrons. The van der Waals surface area contributed by atoms with Crippen molar-refractivity contribution < 1.29 is 19.8 Å². The van der Waals surface area contributed by atoms with Crippen molar-refractivity contribution in [3.05, 3.63) is 35.4 Å². The van der Waals surface area contributed by atoms with E-state index in [-0.39, 0.29) is 6.42 Å². The Bertz CT molecular complexity index is 458. The molecule has 0 aromatic heterocycles. The number of carboxylic acid groups (broad SMARTS) is 2. The predicted octanol–water partition coefficient (Wildman–Crippen LogP) is 2.99. The van der Waals surface area contributed by atoms with Crippen LogP contribution >= 0.6 is 0 Å². The van der Waals surface area contributed by atoms with Crippen molar-refractivity contribution >= 4 is 11.9 Å². The zero-order chi connectivity index (χ0) is 13.8. The van der Waals surface area contributed by atoms with Gasteiger partial charge in [-0.3, -0.25) is 9.59 Å². The third kappa shape index (κ3) is 3.34. The monoisotopic (exact) mass is 262 g/mol. The molecule has 0 radical (unpaired) electrons. The van der Waals surface area contributed by atoms with Gasteiger partial charge < -0.3 is 10.2 Å². The van der Waals surface area contributed by atoms with E-state index in [2.05, 4.69) is 0 Å².